The van der Waals surface area contributed by atoms with Crippen LogP contribution in [0.15, 0.2) is 23.3 Å². The summed E-state index contributed by atoms with van der Waals surface area (Å²) in [7, 11) is 0. The van der Waals surface area contributed by atoms with E-state index in [2.05, 4.69) is 0 Å². The molecule has 1 saturated heterocycles. The normalized spacial score (nSPS) is 47.9. The van der Waals surface area contributed by atoms with Crippen LogP contribution in [0.2, 0.25) is 0 Å². The average molecular weight is 447 g/mol. The number of esters is 1. The van der Waals surface area contributed by atoms with Crippen molar-refractivity contribution in [3.05, 3.63) is 23.3 Å². The molecule has 7 nitrogen and oxygen atoms in total. The van der Waals surface area contributed by atoms with Gasteiger partial charge in [-0.2, -0.15) is 0 Å². The topological polar surface area (TPSA) is 110 Å². The molecule has 0 bridgehead atoms. The minimum atomic E-state index is -2.05. The van der Waals surface area contributed by atoms with Crippen LogP contribution in [0, 0.1) is 29.6 Å². The molecule has 2 aliphatic carbocycles. The van der Waals surface area contributed by atoms with Gasteiger partial charge in [0, 0.05) is 17.6 Å². The molecule has 0 amide bonds. The molecule has 2 N–H and O–H groups in total. The molecule has 0 aromatic carbocycles. The number of ketones is 2. The summed E-state index contributed by atoms with van der Waals surface area (Å²) >= 11 is 0. The molecule has 0 unspecified atom stereocenters. The standard InChI is InChI=1S/C25H34O7/c1-12(2)9-18(26)24-16(6)17-8-7-13(3)21(17)22(28)23(24,29)14(4)10-19(31-24)25(30)15(5)11-20(27)32-25/h9,11,13-14,16-17,19,21,29-30H,7-8,10H2,1-6H3/t13-,14-,16-,17-,19+,21+,23+,24-,25+/m0/s1. The number of hydrogen-bond donors (Lipinski definition) is 2. The van der Waals surface area contributed by atoms with Crippen LogP contribution in [-0.4, -0.2) is 50.8 Å². The van der Waals surface area contributed by atoms with E-state index in [4.69, 9.17) is 9.47 Å². The Kier molecular flexibility index (Phi) is 5.35. The van der Waals surface area contributed by atoms with E-state index in [1.54, 1.807) is 27.7 Å². The number of ether oxygens (including phenoxy) is 2. The van der Waals surface area contributed by atoms with E-state index in [0.717, 1.165) is 12.8 Å². The van der Waals surface area contributed by atoms with E-state index in [0.29, 0.717) is 5.57 Å². The van der Waals surface area contributed by atoms with E-state index in [9.17, 15) is 24.6 Å². The van der Waals surface area contributed by atoms with Crippen LogP contribution in [0.4, 0.5) is 0 Å². The Morgan fingerprint density at radius 2 is 1.81 bits per heavy atom. The minimum Gasteiger partial charge on any atom is -0.423 e. The zero-order chi connectivity index (χ0) is 23.8. The van der Waals surface area contributed by atoms with Gasteiger partial charge in [0.2, 0.25) is 0 Å². The molecule has 0 radical (unpaired) electrons. The first-order chi connectivity index (χ1) is 14.8. The maximum absolute atomic E-state index is 13.9. The number of Topliss-reactive ketones (excluding diaryl/α,β-unsaturated/α-hetero) is 1. The molecule has 176 valence electrons. The third-order valence-electron chi connectivity index (χ3n) is 8.54. The Morgan fingerprint density at radius 3 is 2.38 bits per heavy atom. The third-order valence-corrected chi connectivity index (χ3v) is 8.54. The molecule has 2 saturated carbocycles. The Balaban J connectivity index is 1.90. The van der Waals surface area contributed by atoms with E-state index in [-0.39, 0.29) is 35.5 Å². The summed E-state index contributed by atoms with van der Waals surface area (Å²) < 4.78 is 11.7. The summed E-state index contributed by atoms with van der Waals surface area (Å²) in [4.78, 5) is 39.6. The largest absolute Gasteiger partial charge is 0.423 e. The monoisotopic (exact) mass is 446 g/mol. The van der Waals surface area contributed by atoms with Crippen LogP contribution in [0.25, 0.3) is 0 Å². The lowest BCUT2D eigenvalue weighted by Crippen LogP contribution is -2.80. The molecule has 0 aromatic heterocycles. The van der Waals surface area contributed by atoms with Gasteiger partial charge in [0.05, 0.1) is 0 Å². The van der Waals surface area contributed by atoms with E-state index >= 15 is 0 Å². The lowest BCUT2D eigenvalue weighted by Gasteiger charge is -2.61. The summed E-state index contributed by atoms with van der Waals surface area (Å²) in [5.74, 6) is -5.06. The second-order valence-corrected chi connectivity index (χ2v) is 10.7. The molecule has 0 spiro atoms. The van der Waals surface area contributed by atoms with Crippen molar-refractivity contribution in [3.8, 4) is 0 Å². The van der Waals surface area contributed by atoms with Gasteiger partial charge in [-0.05, 0) is 69.8 Å². The Bertz CT molecular complexity index is 931. The molecule has 32 heavy (non-hydrogen) atoms. The summed E-state index contributed by atoms with van der Waals surface area (Å²) in [5.41, 5.74) is -2.92. The van der Waals surface area contributed by atoms with Crippen molar-refractivity contribution >= 4 is 17.5 Å². The van der Waals surface area contributed by atoms with E-state index < -0.39 is 46.7 Å². The Hall–Kier alpha value is -1.83. The van der Waals surface area contributed by atoms with Crippen molar-refractivity contribution in [2.45, 2.75) is 83.9 Å². The van der Waals surface area contributed by atoms with Crippen molar-refractivity contribution in [2.24, 2.45) is 29.6 Å². The number of aliphatic hydroxyl groups is 2. The molecular weight excluding hydrogens is 412 g/mol. The summed E-state index contributed by atoms with van der Waals surface area (Å²) in [6, 6.07) is 0. The highest BCUT2D eigenvalue weighted by atomic mass is 16.7. The Labute approximate surface area is 188 Å². The molecule has 9 atom stereocenters. The zero-order valence-corrected chi connectivity index (χ0v) is 19.7. The second-order valence-electron chi connectivity index (χ2n) is 10.7. The number of allylic oxidation sites excluding steroid dienone is 1. The molecule has 3 fully saturated rings. The fourth-order valence-electron chi connectivity index (χ4n) is 6.85. The SMILES string of the molecule is CC(C)=CC(=O)[C@]12O[C@@H]([C@]3(O)OC(=O)C=C3C)C[C@H](C)[C@@]1(O)C(=O)[C@H]1[C@@H](CC[C@@H]1C)[C@@H]2C. The maximum atomic E-state index is 13.9. The van der Waals surface area contributed by atoms with Crippen molar-refractivity contribution in [2.75, 3.05) is 0 Å². The quantitative estimate of drug-likeness (QED) is 0.506. The summed E-state index contributed by atoms with van der Waals surface area (Å²) in [6.45, 7) is 10.7. The average Bonchev–Trinajstić information content (AvgIpc) is 3.20. The smallest absolute Gasteiger partial charge is 0.333 e. The first-order valence-electron chi connectivity index (χ1n) is 11.6. The Morgan fingerprint density at radius 1 is 1.16 bits per heavy atom. The maximum Gasteiger partial charge on any atom is 0.333 e. The van der Waals surface area contributed by atoms with Gasteiger partial charge in [-0.15, -0.1) is 0 Å². The highest BCUT2D eigenvalue weighted by Crippen LogP contribution is 2.61. The minimum absolute atomic E-state index is 0.0551. The summed E-state index contributed by atoms with van der Waals surface area (Å²) in [5, 5.41) is 23.4. The number of rotatable bonds is 3. The van der Waals surface area contributed by atoms with Crippen LogP contribution in [0.3, 0.4) is 0 Å². The lowest BCUT2D eigenvalue weighted by atomic mass is 9.50. The van der Waals surface area contributed by atoms with Gasteiger partial charge in [0.15, 0.2) is 22.8 Å². The predicted molar refractivity (Wildman–Crippen MR) is 115 cm³/mol. The van der Waals surface area contributed by atoms with E-state index in [1.807, 2.05) is 13.8 Å². The molecule has 0 aromatic rings. The number of cyclic esters (lactones) is 1. The molecule has 2 heterocycles. The molecule has 2 aliphatic heterocycles. The van der Waals surface area contributed by atoms with Crippen molar-refractivity contribution in [1.29, 1.82) is 0 Å². The van der Waals surface area contributed by atoms with Crippen LogP contribution in [0.1, 0.15) is 60.8 Å². The first kappa shape index (κ1) is 23.3. The molecule has 7 heteroatoms. The number of carbonyl (C=O) groups is 3. The van der Waals surface area contributed by atoms with Gasteiger partial charge >= 0.3 is 5.97 Å². The van der Waals surface area contributed by atoms with Gasteiger partial charge < -0.3 is 19.7 Å². The van der Waals surface area contributed by atoms with Crippen molar-refractivity contribution < 1.29 is 34.1 Å². The summed E-state index contributed by atoms with van der Waals surface area (Å²) in [6.07, 6.45) is 3.18. The fourth-order valence-corrected chi connectivity index (χ4v) is 6.85. The van der Waals surface area contributed by atoms with Crippen LogP contribution < -0.4 is 0 Å². The van der Waals surface area contributed by atoms with Crippen molar-refractivity contribution in [3.63, 3.8) is 0 Å². The number of hydrogen-bond acceptors (Lipinski definition) is 7. The van der Waals surface area contributed by atoms with Crippen LogP contribution >= 0.6 is 0 Å². The van der Waals surface area contributed by atoms with Crippen molar-refractivity contribution in [1.82, 2.24) is 0 Å². The van der Waals surface area contributed by atoms with Gasteiger partial charge in [-0.3, -0.25) is 9.59 Å². The zero-order valence-electron chi connectivity index (χ0n) is 19.7. The number of fused-ring (bicyclic) bond motifs is 2. The highest BCUT2D eigenvalue weighted by molar-refractivity contribution is 6.07. The fraction of sp³-hybridized carbons (Fsp3) is 0.720. The second kappa shape index (κ2) is 7.34. The number of carbonyl (C=O) groups excluding carboxylic acids is 3. The van der Waals surface area contributed by atoms with Gasteiger partial charge in [-0.1, -0.05) is 26.3 Å². The molecule has 4 aliphatic rings. The predicted octanol–water partition coefficient (Wildman–Crippen LogP) is 2.49. The van der Waals surface area contributed by atoms with Gasteiger partial charge in [0.25, 0.3) is 5.79 Å². The van der Waals surface area contributed by atoms with Crippen LogP contribution in [-0.2, 0) is 23.9 Å². The van der Waals surface area contributed by atoms with Crippen LogP contribution in [0.5, 0.6) is 0 Å². The lowest BCUT2D eigenvalue weighted by molar-refractivity contribution is -0.322. The highest BCUT2D eigenvalue weighted by Gasteiger charge is 2.76. The first-order valence-corrected chi connectivity index (χ1v) is 11.6. The molecular formula is C25H34O7. The molecule has 4 rings (SSSR count). The van der Waals surface area contributed by atoms with Gasteiger partial charge in [0.1, 0.15) is 6.10 Å². The van der Waals surface area contributed by atoms with E-state index in [1.165, 1.54) is 12.2 Å². The third kappa shape index (κ3) is 2.80. The van der Waals surface area contributed by atoms with Gasteiger partial charge in [-0.25, -0.2) is 4.79 Å².